The summed E-state index contributed by atoms with van der Waals surface area (Å²) in [7, 11) is 0. The van der Waals surface area contributed by atoms with Crippen LogP contribution in [-0.4, -0.2) is 23.4 Å². The van der Waals surface area contributed by atoms with Crippen LogP contribution in [0.25, 0.3) is 0 Å². The Hall–Kier alpha value is -1.35. The Balaban J connectivity index is 1.83. The van der Waals surface area contributed by atoms with E-state index in [1.54, 1.807) is 0 Å². The van der Waals surface area contributed by atoms with Crippen molar-refractivity contribution in [1.82, 2.24) is 10.2 Å². The monoisotopic (exact) mass is 244 g/mol. The fraction of sp³-hybridized carbons (Fsp3) is 0.533. The fourth-order valence-electron chi connectivity index (χ4n) is 2.80. The molecule has 96 valence electrons. The maximum atomic E-state index is 12.0. The lowest BCUT2D eigenvalue weighted by Gasteiger charge is -2.25. The average molecular weight is 244 g/mol. The molecule has 1 aliphatic heterocycles. The van der Waals surface area contributed by atoms with Gasteiger partial charge in [0.1, 0.15) is 6.17 Å². The molecule has 1 saturated heterocycles. The summed E-state index contributed by atoms with van der Waals surface area (Å²) in [4.78, 5) is 14.0. The smallest absolute Gasteiger partial charge is 0.238 e. The van der Waals surface area contributed by atoms with Crippen molar-refractivity contribution in [1.29, 1.82) is 0 Å². The van der Waals surface area contributed by atoms with Crippen molar-refractivity contribution < 1.29 is 4.79 Å². The summed E-state index contributed by atoms with van der Waals surface area (Å²) in [6, 6.07) is 9.07. The molecule has 2 aliphatic rings. The van der Waals surface area contributed by atoms with Gasteiger partial charge < -0.3 is 4.90 Å². The number of amides is 1. The molecule has 3 atom stereocenters. The van der Waals surface area contributed by atoms with Gasteiger partial charge in [0.05, 0.1) is 6.54 Å². The first-order chi connectivity index (χ1) is 8.70. The minimum Gasteiger partial charge on any atom is -0.319 e. The summed E-state index contributed by atoms with van der Waals surface area (Å²) in [6.45, 7) is 4.85. The van der Waals surface area contributed by atoms with E-state index < -0.39 is 0 Å². The molecule has 1 aromatic carbocycles. The highest BCUT2D eigenvalue weighted by Gasteiger charge is 2.46. The highest BCUT2D eigenvalue weighted by Crippen LogP contribution is 2.40. The zero-order chi connectivity index (χ0) is 12.7. The number of aryl methyl sites for hydroxylation is 1. The molecule has 3 unspecified atom stereocenters. The van der Waals surface area contributed by atoms with Gasteiger partial charge in [0.2, 0.25) is 5.91 Å². The largest absolute Gasteiger partial charge is 0.319 e. The summed E-state index contributed by atoms with van der Waals surface area (Å²) in [5, 5.41) is 3.33. The second kappa shape index (κ2) is 4.39. The first-order valence-electron chi connectivity index (χ1n) is 6.84. The van der Waals surface area contributed by atoms with Crippen LogP contribution >= 0.6 is 0 Å². The molecule has 1 N–H and O–H groups in total. The number of nitrogens with zero attached hydrogens (tertiary/aromatic N) is 1. The van der Waals surface area contributed by atoms with E-state index in [0.29, 0.717) is 18.5 Å². The summed E-state index contributed by atoms with van der Waals surface area (Å²) >= 11 is 0. The summed E-state index contributed by atoms with van der Waals surface area (Å²) < 4.78 is 0. The molecule has 18 heavy (non-hydrogen) atoms. The first-order valence-corrected chi connectivity index (χ1v) is 6.84. The van der Waals surface area contributed by atoms with Crippen molar-refractivity contribution >= 4 is 5.91 Å². The molecule has 1 aromatic rings. The van der Waals surface area contributed by atoms with Gasteiger partial charge in [0.25, 0.3) is 0 Å². The van der Waals surface area contributed by atoms with E-state index in [-0.39, 0.29) is 12.1 Å². The first kappa shape index (κ1) is 11.7. The average Bonchev–Trinajstić information content (AvgIpc) is 2.98. The van der Waals surface area contributed by atoms with Gasteiger partial charge in [0, 0.05) is 6.04 Å². The lowest BCUT2D eigenvalue weighted by atomic mass is 10.1. The van der Waals surface area contributed by atoms with Crippen LogP contribution in [0.15, 0.2) is 24.3 Å². The van der Waals surface area contributed by atoms with Crippen LogP contribution in [0.1, 0.15) is 37.6 Å². The molecule has 3 rings (SSSR count). The molecule has 0 radical (unpaired) electrons. The lowest BCUT2D eigenvalue weighted by Crippen LogP contribution is -2.33. The quantitative estimate of drug-likeness (QED) is 0.883. The molecule has 1 aliphatic carbocycles. The Kier molecular flexibility index (Phi) is 2.86. The van der Waals surface area contributed by atoms with E-state index in [1.165, 1.54) is 11.1 Å². The molecule has 3 heteroatoms. The molecule has 0 aromatic heterocycles. The van der Waals surface area contributed by atoms with E-state index in [1.807, 2.05) is 4.90 Å². The number of hydrogen-bond donors (Lipinski definition) is 1. The van der Waals surface area contributed by atoms with Gasteiger partial charge >= 0.3 is 0 Å². The minimum absolute atomic E-state index is 0.0818. The number of rotatable bonds is 3. The number of hydrogen-bond acceptors (Lipinski definition) is 2. The Morgan fingerprint density at radius 2 is 2.00 bits per heavy atom. The van der Waals surface area contributed by atoms with Gasteiger partial charge in [-0.15, -0.1) is 0 Å². The van der Waals surface area contributed by atoms with E-state index in [9.17, 15) is 4.79 Å². The molecule has 1 heterocycles. The van der Waals surface area contributed by atoms with Crippen molar-refractivity contribution in [3.05, 3.63) is 35.4 Å². The van der Waals surface area contributed by atoms with Gasteiger partial charge in [-0.05, 0) is 29.9 Å². The minimum atomic E-state index is 0.0818. The lowest BCUT2D eigenvalue weighted by molar-refractivity contribution is -0.128. The van der Waals surface area contributed by atoms with Crippen LogP contribution < -0.4 is 5.32 Å². The van der Waals surface area contributed by atoms with Crippen molar-refractivity contribution in [2.45, 2.75) is 38.9 Å². The van der Waals surface area contributed by atoms with Crippen LogP contribution in [0.5, 0.6) is 0 Å². The molecule has 1 amide bonds. The van der Waals surface area contributed by atoms with E-state index >= 15 is 0 Å². The standard InChI is InChI=1S/C15H20N2O/c1-3-11-4-6-12(7-5-11)15-16-9-14(18)17(15)13-8-10(13)2/h4-7,10,13,15-16H,3,8-9H2,1-2H3. The Labute approximate surface area is 108 Å². The van der Waals surface area contributed by atoms with E-state index in [4.69, 9.17) is 0 Å². The Morgan fingerprint density at radius 1 is 1.33 bits per heavy atom. The van der Waals surface area contributed by atoms with Gasteiger partial charge in [-0.2, -0.15) is 0 Å². The van der Waals surface area contributed by atoms with Gasteiger partial charge in [-0.3, -0.25) is 10.1 Å². The topological polar surface area (TPSA) is 32.3 Å². The summed E-state index contributed by atoms with van der Waals surface area (Å²) in [6.07, 6.45) is 2.29. The Morgan fingerprint density at radius 3 is 2.56 bits per heavy atom. The number of benzene rings is 1. The fourth-order valence-corrected chi connectivity index (χ4v) is 2.80. The Bertz CT molecular complexity index is 454. The SMILES string of the molecule is CCc1ccc(C2NCC(=O)N2C2CC2C)cc1. The van der Waals surface area contributed by atoms with Crippen LogP contribution in [0.2, 0.25) is 0 Å². The van der Waals surface area contributed by atoms with Crippen molar-refractivity contribution in [2.24, 2.45) is 5.92 Å². The molecule has 0 spiro atoms. The predicted molar refractivity (Wildman–Crippen MR) is 71.0 cm³/mol. The van der Waals surface area contributed by atoms with E-state index in [0.717, 1.165) is 12.8 Å². The summed E-state index contributed by atoms with van der Waals surface area (Å²) in [5.74, 6) is 0.903. The van der Waals surface area contributed by atoms with Gasteiger partial charge in [0.15, 0.2) is 0 Å². The molecule has 3 nitrogen and oxygen atoms in total. The molecular formula is C15H20N2O. The second-order valence-corrected chi connectivity index (χ2v) is 5.46. The van der Waals surface area contributed by atoms with Crippen molar-refractivity contribution in [2.75, 3.05) is 6.54 Å². The third kappa shape index (κ3) is 1.93. The van der Waals surface area contributed by atoms with Crippen LogP contribution in [0, 0.1) is 5.92 Å². The highest BCUT2D eigenvalue weighted by atomic mass is 16.2. The summed E-state index contributed by atoms with van der Waals surface area (Å²) in [5.41, 5.74) is 2.55. The third-order valence-corrected chi connectivity index (χ3v) is 4.14. The van der Waals surface area contributed by atoms with Gasteiger partial charge in [-0.1, -0.05) is 38.1 Å². The molecule has 0 bridgehead atoms. The van der Waals surface area contributed by atoms with E-state index in [2.05, 4.69) is 43.4 Å². The third-order valence-electron chi connectivity index (χ3n) is 4.14. The maximum absolute atomic E-state index is 12.0. The van der Waals surface area contributed by atoms with Gasteiger partial charge in [-0.25, -0.2) is 0 Å². The molecule has 1 saturated carbocycles. The number of nitrogens with one attached hydrogen (secondary N) is 1. The number of carbonyl (C=O) groups is 1. The normalized spacial score (nSPS) is 30.9. The zero-order valence-electron chi connectivity index (χ0n) is 11.0. The maximum Gasteiger partial charge on any atom is 0.238 e. The molecular weight excluding hydrogens is 224 g/mol. The van der Waals surface area contributed by atoms with Crippen molar-refractivity contribution in [3.8, 4) is 0 Å². The number of carbonyl (C=O) groups excluding carboxylic acids is 1. The predicted octanol–water partition coefficient (Wildman–Crippen LogP) is 2.09. The highest BCUT2D eigenvalue weighted by molar-refractivity contribution is 5.81. The van der Waals surface area contributed by atoms with Crippen LogP contribution in [-0.2, 0) is 11.2 Å². The zero-order valence-corrected chi connectivity index (χ0v) is 11.0. The van der Waals surface area contributed by atoms with Crippen molar-refractivity contribution in [3.63, 3.8) is 0 Å². The molecule has 2 fully saturated rings. The second-order valence-electron chi connectivity index (χ2n) is 5.46. The van der Waals surface area contributed by atoms with Crippen LogP contribution in [0.3, 0.4) is 0 Å². The van der Waals surface area contributed by atoms with Crippen LogP contribution in [0.4, 0.5) is 0 Å².